The minimum absolute atomic E-state index is 0.0605. The van der Waals surface area contributed by atoms with Gasteiger partial charge in [0.25, 0.3) is 0 Å². The predicted octanol–water partition coefficient (Wildman–Crippen LogP) is 4.71. The van der Waals surface area contributed by atoms with Crippen LogP contribution in [0.5, 0.6) is 0 Å². The van der Waals surface area contributed by atoms with Crippen LogP contribution in [0, 0.1) is 6.92 Å². The van der Waals surface area contributed by atoms with Gasteiger partial charge in [-0.3, -0.25) is 0 Å². The molecular formula is C14H16BrNO. The maximum absolute atomic E-state index is 5.75. The molecule has 3 heteroatoms. The van der Waals surface area contributed by atoms with Gasteiger partial charge in [0.1, 0.15) is 11.5 Å². The second-order valence-corrected chi connectivity index (χ2v) is 6.10. The first-order valence-corrected chi connectivity index (χ1v) is 6.41. The van der Waals surface area contributed by atoms with Crippen LogP contribution < -0.4 is 0 Å². The van der Waals surface area contributed by atoms with Gasteiger partial charge < -0.3 is 4.42 Å². The molecule has 0 N–H and O–H groups in total. The first-order valence-electron chi connectivity index (χ1n) is 5.62. The highest BCUT2D eigenvalue weighted by Gasteiger charge is 2.22. The van der Waals surface area contributed by atoms with Gasteiger partial charge in [-0.1, -0.05) is 48.8 Å². The zero-order valence-electron chi connectivity index (χ0n) is 10.5. The van der Waals surface area contributed by atoms with Crippen LogP contribution in [-0.2, 0) is 5.41 Å². The van der Waals surface area contributed by atoms with E-state index in [1.807, 2.05) is 25.1 Å². The number of rotatable bonds is 1. The van der Waals surface area contributed by atoms with E-state index in [4.69, 9.17) is 4.42 Å². The lowest BCUT2D eigenvalue weighted by atomic mass is 9.97. The summed E-state index contributed by atoms with van der Waals surface area (Å²) in [4.78, 5) is 4.60. The quantitative estimate of drug-likeness (QED) is 0.761. The molecule has 0 aliphatic rings. The normalized spacial score (nSPS) is 11.8. The van der Waals surface area contributed by atoms with E-state index in [0.717, 1.165) is 27.4 Å². The van der Waals surface area contributed by atoms with Crippen molar-refractivity contribution >= 4 is 15.9 Å². The van der Waals surface area contributed by atoms with Crippen molar-refractivity contribution in [3.8, 4) is 11.3 Å². The number of oxazole rings is 1. The molecule has 2 rings (SSSR count). The zero-order chi connectivity index (χ0) is 12.6. The highest BCUT2D eigenvalue weighted by molar-refractivity contribution is 9.10. The van der Waals surface area contributed by atoms with E-state index in [2.05, 4.69) is 47.8 Å². The number of aromatic nitrogens is 1. The standard InChI is InChI=1S/C14H16BrNO/c1-9-12(10-6-5-7-11(15)8-10)16-13(17-9)14(2,3)4/h5-8H,1-4H3. The fourth-order valence-electron chi connectivity index (χ4n) is 1.62. The van der Waals surface area contributed by atoms with Gasteiger partial charge in [0.2, 0.25) is 0 Å². The zero-order valence-corrected chi connectivity index (χ0v) is 12.1. The first-order chi connectivity index (χ1) is 7.88. The lowest BCUT2D eigenvalue weighted by molar-refractivity contribution is 0.380. The van der Waals surface area contributed by atoms with Crippen LogP contribution in [0.25, 0.3) is 11.3 Å². The summed E-state index contributed by atoms with van der Waals surface area (Å²) in [5.74, 6) is 1.65. The molecule has 90 valence electrons. The average molecular weight is 294 g/mol. The summed E-state index contributed by atoms with van der Waals surface area (Å²) in [6, 6.07) is 8.10. The molecule has 0 fully saturated rings. The van der Waals surface area contributed by atoms with Gasteiger partial charge in [0.15, 0.2) is 5.89 Å². The highest BCUT2D eigenvalue weighted by Crippen LogP contribution is 2.30. The molecule has 0 spiro atoms. The second-order valence-electron chi connectivity index (χ2n) is 5.18. The third-order valence-electron chi connectivity index (χ3n) is 2.54. The Morgan fingerprint density at radius 2 is 1.94 bits per heavy atom. The number of aryl methyl sites for hydroxylation is 1. The molecule has 0 unspecified atom stereocenters. The number of hydrogen-bond acceptors (Lipinski definition) is 2. The van der Waals surface area contributed by atoms with Crippen molar-refractivity contribution in [2.24, 2.45) is 0 Å². The molecule has 1 aromatic carbocycles. The molecule has 0 amide bonds. The van der Waals surface area contributed by atoms with E-state index in [1.165, 1.54) is 0 Å². The topological polar surface area (TPSA) is 26.0 Å². The Morgan fingerprint density at radius 1 is 1.24 bits per heavy atom. The Labute approximate surface area is 110 Å². The van der Waals surface area contributed by atoms with Crippen LogP contribution in [0.4, 0.5) is 0 Å². The molecular weight excluding hydrogens is 278 g/mol. The van der Waals surface area contributed by atoms with Gasteiger partial charge in [-0.25, -0.2) is 4.98 Å². The third kappa shape index (κ3) is 2.60. The van der Waals surface area contributed by atoms with Crippen molar-refractivity contribution < 1.29 is 4.42 Å². The molecule has 2 aromatic rings. The smallest absolute Gasteiger partial charge is 0.200 e. The summed E-state index contributed by atoms with van der Waals surface area (Å²) in [6.45, 7) is 8.26. The van der Waals surface area contributed by atoms with Crippen LogP contribution in [0.15, 0.2) is 33.2 Å². The van der Waals surface area contributed by atoms with E-state index >= 15 is 0 Å². The summed E-state index contributed by atoms with van der Waals surface area (Å²) in [5, 5.41) is 0. The van der Waals surface area contributed by atoms with Crippen molar-refractivity contribution in [3.63, 3.8) is 0 Å². The lowest BCUT2D eigenvalue weighted by Crippen LogP contribution is -2.11. The summed E-state index contributed by atoms with van der Waals surface area (Å²) < 4.78 is 6.80. The summed E-state index contributed by atoms with van der Waals surface area (Å²) >= 11 is 3.47. The Kier molecular flexibility index (Phi) is 3.13. The van der Waals surface area contributed by atoms with Gasteiger partial charge in [0.05, 0.1) is 0 Å². The van der Waals surface area contributed by atoms with Crippen LogP contribution in [0.1, 0.15) is 32.4 Å². The van der Waals surface area contributed by atoms with E-state index in [9.17, 15) is 0 Å². The number of nitrogens with zero attached hydrogens (tertiary/aromatic N) is 1. The van der Waals surface area contributed by atoms with Gasteiger partial charge in [0, 0.05) is 15.5 Å². The lowest BCUT2D eigenvalue weighted by Gasteiger charge is -2.11. The Hall–Kier alpha value is -1.09. The molecule has 1 aromatic heterocycles. The molecule has 0 atom stereocenters. The maximum Gasteiger partial charge on any atom is 0.200 e. The minimum atomic E-state index is -0.0605. The minimum Gasteiger partial charge on any atom is -0.445 e. The molecule has 0 bridgehead atoms. The fourth-order valence-corrected chi connectivity index (χ4v) is 2.02. The van der Waals surface area contributed by atoms with Crippen LogP contribution in [-0.4, -0.2) is 4.98 Å². The molecule has 17 heavy (non-hydrogen) atoms. The molecule has 0 aliphatic heterocycles. The van der Waals surface area contributed by atoms with E-state index in [1.54, 1.807) is 0 Å². The van der Waals surface area contributed by atoms with Crippen molar-refractivity contribution in [2.75, 3.05) is 0 Å². The first kappa shape index (κ1) is 12.4. The van der Waals surface area contributed by atoms with Crippen molar-refractivity contribution in [3.05, 3.63) is 40.4 Å². The second kappa shape index (κ2) is 4.30. The fraction of sp³-hybridized carbons (Fsp3) is 0.357. The molecule has 0 saturated carbocycles. The van der Waals surface area contributed by atoms with Crippen molar-refractivity contribution in [1.29, 1.82) is 0 Å². The summed E-state index contributed by atoms with van der Waals surface area (Å²) in [6.07, 6.45) is 0. The van der Waals surface area contributed by atoms with E-state index in [-0.39, 0.29) is 5.41 Å². The van der Waals surface area contributed by atoms with Gasteiger partial charge in [-0.2, -0.15) is 0 Å². The third-order valence-corrected chi connectivity index (χ3v) is 3.03. The average Bonchev–Trinajstić information content (AvgIpc) is 2.60. The summed E-state index contributed by atoms with van der Waals surface area (Å²) in [5.41, 5.74) is 1.95. The maximum atomic E-state index is 5.75. The van der Waals surface area contributed by atoms with Crippen molar-refractivity contribution in [2.45, 2.75) is 33.1 Å². The SMILES string of the molecule is Cc1oc(C(C)(C)C)nc1-c1cccc(Br)c1. The Morgan fingerprint density at radius 3 is 2.47 bits per heavy atom. The van der Waals surface area contributed by atoms with Crippen LogP contribution in [0.3, 0.4) is 0 Å². The molecule has 0 aliphatic carbocycles. The van der Waals surface area contributed by atoms with E-state index in [0.29, 0.717) is 0 Å². The Bertz CT molecular complexity index is 537. The molecule has 1 heterocycles. The number of benzene rings is 1. The monoisotopic (exact) mass is 293 g/mol. The highest BCUT2D eigenvalue weighted by atomic mass is 79.9. The predicted molar refractivity (Wildman–Crippen MR) is 73.1 cm³/mol. The van der Waals surface area contributed by atoms with E-state index < -0.39 is 0 Å². The van der Waals surface area contributed by atoms with Gasteiger partial charge in [-0.05, 0) is 19.1 Å². The molecule has 0 radical (unpaired) electrons. The summed E-state index contributed by atoms with van der Waals surface area (Å²) in [7, 11) is 0. The number of hydrogen-bond donors (Lipinski definition) is 0. The van der Waals surface area contributed by atoms with Gasteiger partial charge in [-0.15, -0.1) is 0 Å². The van der Waals surface area contributed by atoms with Crippen LogP contribution >= 0.6 is 15.9 Å². The van der Waals surface area contributed by atoms with Crippen molar-refractivity contribution in [1.82, 2.24) is 4.98 Å². The largest absolute Gasteiger partial charge is 0.445 e. The van der Waals surface area contributed by atoms with Crippen LogP contribution in [0.2, 0.25) is 0 Å². The molecule has 2 nitrogen and oxygen atoms in total. The Balaban J connectivity index is 2.50. The van der Waals surface area contributed by atoms with Gasteiger partial charge >= 0.3 is 0 Å². The molecule has 0 saturated heterocycles. The number of halogens is 1.